The first-order valence-corrected chi connectivity index (χ1v) is 11.1. The van der Waals surface area contributed by atoms with Crippen LogP contribution >= 0.6 is 35.3 Å². The Bertz CT molecular complexity index is 854. The van der Waals surface area contributed by atoms with Gasteiger partial charge in [0.25, 0.3) is 0 Å². The predicted octanol–water partition coefficient (Wildman–Crippen LogP) is 2.67. The number of thiophene rings is 1. The van der Waals surface area contributed by atoms with Crippen LogP contribution in [0.2, 0.25) is 0 Å². The smallest absolute Gasteiger partial charge is 0.250 e. The van der Waals surface area contributed by atoms with Crippen molar-refractivity contribution in [2.24, 2.45) is 4.99 Å². The maximum atomic E-state index is 12.1. The topological polar surface area (TPSA) is 73.8 Å². The minimum absolute atomic E-state index is 0. The summed E-state index contributed by atoms with van der Waals surface area (Å²) in [6.45, 7) is 5.21. The summed E-state index contributed by atoms with van der Waals surface area (Å²) in [6, 6.07) is 11.8. The van der Waals surface area contributed by atoms with E-state index < -0.39 is 10.0 Å². The zero-order valence-electron chi connectivity index (χ0n) is 15.2. The Labute approximate surface area is 182 Å². The Hall–Kier alpha value is -1.17. The number of nitrogens with one attached hydrogen (secondary N) is 2. The molecule has 0 fully saturated rings. The standard InChI is InChI=1S/C18H24N4O2S2.HI/c1-2-19-18(22-12-9-15-6-3-4-7-16(15)14-22)20-10-11-21-26(23,24)17-8-5-13-25-17;/h3-8,13,21H,2,9-12,14H2,1H3,(H,19,20);1H. The van der Waals surface area contributed by atoms with E-state index in [9.17, 15) is 8.42 Å². The van der Waals surface area contributed by atoms with Crippen molar-refractivity contribution >= 4 is 51.3 Å². The van der Waals surface area contributed by atoms with Crippen LogP contribution in [0.15, 0.2) is 51.0 Å². The number of sulfonamides is 1. The summed E-state index contributed by atoms with van der Waals surface area (Å²) in [7, 11) is -3.43. The summed E-state index contributed by atoms with van der Waals surface area (Å²) in [5, 5.41) is 5.06. The van der Waals surface area contributed by atoms with Crippen molar-refractivity contribution in [2.45, 2.75) is 24.1 Å². The normalized spacial score (nSPS) is 14.4. The molecule has 0 spiro atoms. The molecule has 27 heavy (non-hydrogen) atoms. The molecule has 1 aromatic heterocycles. The van der Waals surface area contributed by atoms with Gasteiger partial charge in [-0.2, -0.15) is 0 Å². The van der Waals surface area contributed by atoms with Crippen LogP contribution in [0.25, 0.3) is 0 Å². The number of rotatable bonds is 6. The third-order valence-electron chi connectivity index (χ3n) is 4.19. The SMILES string of the molecule is CCNC(=NCCNS(=O)(=O)c1cccs1)N1CCc2ccccc2C1.I. The van der Waals surface area contributed by atoms with Gasteiger partial charge in [-0.1, -0.05) is 30.3 Å². The first-order valence-electron chi connectivity index (χ1n) is 8.73. The van der Waals surface area contributed by atoms with Gasteiger partial charge in [-0.3, -0.25) is 4.99 Å². The second-order valence-electron chi connectivity index (χ2n) is 6.01. The van der Waals surface area contributed by atoms with E-state index in [-0.39, 0.29) is 30.5 Å². The molecule has 0 amide bonds. The minimum atomic E-state index is -3.43. The number of fused-ring (bicyclic) bond motifs is 1. The van der Waals surface area contributed by atoms with Crippen molar-refractivity contribution in [3.05, 3.63) is 52.9 Å². The fourth-order valence-corrected chi connectivity index (χ4v) is 4.99. The zero-order valence-corrected chi connectivity index (χ0v) is 19.2. The van der Waals surface area contributed by atoms with Crippen LogP contribution in [0.3, 0.4) is 0 Å². The molecule has 1 aliphatic rings. The molecule has 0 radical (unpaired) electrons. The lowest BCUT2D eigenvalue weighted by atomic mass is 10.0. The molecule has 0 bridgehead atoms. The fraction of sp³-hybridized carbons (Fsp3) is 0.389. The van der Waals surface area contributed by atoms with Crippen LogP contribution in [0.5, 0.6) is 0 Å². The molecule has 6 nitrogen and oxygen atoms in total. The highest BCUT2D eigenvalue weighted by Crippen LogP contribution is 2.18. The molecule has 0 aliphatic carbocycles. The molecule has 0 unspecified atom stereocenters. The second kappa shape index (κ2) is 10.4. The summed E-state index contributed by atoms with van der Waals surface area (Å²) in [6.07, 6.45) is 0.992. The Morgan fingerprint density at radius 2 is 2.00 bits per heavy atom. The number of nitrogens with zero attached hydrogens (tertiary/aromatic N) is 2. The number of hydrogen-bond acceptors (Lipinski definition) is 4. The van der Waals surface area contributed by atoms with Gasteiger partial charge < -0.3 is 10.2 Å². The molecule has 0 saturated carbocycles. The van der Waals surface area contributed by atoms with Crippen molar-refractivity contribution < 1.29 is 8.42 Å². The third kappa shape index (κ3) is 5.90. The van der Waals surface area contributed by atoms with E-state index in [1.165, 1.54) is 22.5 Å². The van der Waals surface area contributed by atoms with Gasteiger partial charge in [0.2, 0.25) is 10.0 Å². The molecule has 1 aliphatic heterocycles. The first kappa shape index (κ1) is 22.1. The Morgan fingerprint density at radius 3 is 2.70 bits per heavy atom. The summed E-state index contributed by atoms with van der Waals surface area (Å²) in [4.78, 5) is 6.82. The molecule has 0 atom stereocenters. The van der Waals surface area contributed by atoms with Gasteiger partial charge in [0, 0.05) is 26.2 Å². The zero-order chi connectivity index (χ0) is 18.4. The largest absolute Gasteiger partial charge is 0.357 e. The van der Waals surface area contributed by atoms with Gasteiger partial charge in [0.15, 0.2) is 5.96 Å². The second-order valence-corrected chi connectivity index (χ2v) is 8.95. The van der Waals surface area contributed by atoms with Gasteiger partial charge in [-0.15, -0.1) is 35.3 Å². The van der Waals surface area contributed by atoms with Crippen LogP contribution in [-0.2, 0) is 23.0 Å². The molecule has 2 heterocycles. The lowest BCUT2D eigenvalue weighted by Crippen LogP contribution is -2.44. The van der Waals surface area contributed by atoms with Crippen LogP contribution < -0.4 is 10.0 Å². The van der Waals surface area contributed by atoms with Gasteiger partial charge in [0.05, 0.1) is 6.54 Å². The molecule has 1 aromatic carbocycles. The van der Waals surface area contributed by atoms with Crippen LogP contribution in [0, 0.1) is 0 Å². The fourth-order valence-electron chi connectivity index (χ4n) is 2.93. The number of aliphatic imine (C=N–C) groups is 1. The number of halogens is 1. The predicted molar refractivity (Wildman–Crippen MR) is 121 cm³/mol. The monoisotopic (exact) mass is 520 g/mol. The highest BCUT2D eigenvalue weighted by atomic mass is 127. The molecule has 2 aromatic rings. The molecular formula is C18H25IN4O2S2. The Kier molecular flexibility index (Phi) is 8.52. The van der Waals surface area contributed by atoms with Gasteiger partial charge in [-0.05, 0) is 35.9 Å². The summed E-state index contributed by atoms with van der Waals surface area (Å²) in [5.74, 6) is 0.831. The maximum Gasteiger partial charge on any atom is 0.250 e. The van der Waals surface area contributed by atoms with Gasteiger partial charge in [-0.25, -0.2) is 13.1 Å². The van der Waals surface area contributed by atoms with Crippen LogP contribution in [-0.4, -0.2) is 45.5 Å². The quantitative estimate of drug-likeness (QED) is 0.266. The lowest BCUT2D eigenvalue weighted by molar-refractivity contribution is 0.379. The van der Waals surface area contributed by atoms with E-state index in [1.54, 1.807) is 17.5 Å². The number of guanidine groups is 1. The Balaban J connectivity index is 0.00000261. The van der Waals surface area contributed by atoms with E-state index in [2.05, 4.69) is 44.2 Å². The molecule has 3 rings (SSSR count). The summed E-state index contributed by atoms with van der Waals surface area (Å²) < 4.78 is 27.2. The van der Waals surface area contributed by atoms with E-state index in [4.69, 9.17) is 0 Å². The highest BCUT2D eigenvalue weighted by Gasteiger charge is 2.19. The van der Waals surface area contributed by atoms with Gasteiger partial charge >= 0.3 is 0 Å². The molecule has 2 N–H and O–H groups in total. The number of benzene rings is 1. The highest BCUT2D eigenvalue weighted by molar-refractivity contribution is 14.0. The van der Waals surface area contributed by atoms with Crippen molar-refractivity contribution in [1.29, 1.82) is 0 Å². The minimum Gasteiger partial charge on any atom is -0.357 e. The van der Waals surface area contributed by atoms with Crippen molar-refractivity contribution in [1.82, 2.24) is 14.9 Å². The van der Waals surface area contributed by atoms with Crippen LogP contribution in [0.4, 0.5) is 0 Å². The third-order valence-corrected chi connectivity index (χ3v) is 7.05. The van der Waals surface area contributed by atoms with E-state index in [0.29, 0.717) is 10.8 Å². The van der Waals surface area contributed by atoms with Crippen molar-refractivity contribution in [3.8, 4) is 0 Å². The molecule has 9 heteroatoms. The first-order chi connectivity index (χ1) is 12.6. The summed E-state index contributed by atoms with van der Waals surface area (Å²) in [5.41, 5.74) is 2.71. The average Bonchev–Trinajstić information content (AvgIpc) is 3.19. The van der Waals surface area contributed by atoms with E-state index >= 15 is 0 Å². The van der Waals surface area contributed by atoms with Gasteiger partial charge in [0.1, 0.15) is 4.21 Å². The summed E-state index contributed by atoms with van der Waals surface area (Å²) >= 11 is 1.21. The Morgan fingerprint density at radius 1 is 1.22 bits per heavy atom. The molecule has 0 saturated heterocycles. The van der Waals surface area contributed by atoms with Crippen molar-refractivity contribution in [3.63, 3.8) is 0 Å². The van der Waals surface area contributed by atoms with E-state index in [1.807, 2.05) is 6.92 Å². The molecular weight excluding hydrogens is 495 g/mol. The molecule has 148 valence electrons. The van der Waals surface area contributed by atoms with Crippen molar-refractivity contribution in [2.75, 3.05) is 26.2 Å². The van der Waals surface area contributed by atoms with E-state index in [0.717, 1.165) is 32.0 Å². The maximum absolute atomic E-state index is 12.1. The lowest BCUT2D eigenvalue weighted by Gasteiger charge is -2.31. The van der Waals surface area contributed by atoms with Crippen LogP contribution in [0.1, 0.15) is 18.1 Å². The average molecular weight is 520 g/mol. The number of hydrogen-bond donors (Lipinski definition) is 2.